The van der Waals surface area contributed by atoms with Crippen LogP contribution in [0.2, 0.25) is 0 Å². The number of nitrogens with two attached hydrogens (primary N) is 1. The molecule has 5 nitrogen and oxygen atoms in total. The maximum Gasteiger partial charge on any atom is 0.263 e. The van der Waals surface area contributed by atoms with Gasteiger partial charge in [-0.05, 0) is 24.1 Å². The van der Waals surface area contributed by atoms with Crippen LogP contribution in [0.3, 0.4) is 0 Å². The number of sulfonamides is 1. The first-order valence-electron chi connectivity index (χ1n) is 6.05. The van der Waals surface area contributed by atoms with Crippen LogP contribution in [-0.4, -0.2) is 37.3 Å². The SMILES string of the molecule is CCN(CC(C)(C)CN)S(=O)(=O)c1ncccc1F. The van der Waals surface area contributed by atoms with Gasteiger partial charge in [0.15, 0.2) is 5.82 Å². The number of aromatic nitrogens is 1. The van der Waals surface area contributed by atoms with Crippen LogP contribution in [0.15, 0.2) is 23.4 Å². The first-order valence-corrected chi connectivity index (χ1v) is 7.49. The molecule has 0 saturated carbocycles. The van der Waals surface area contributed by atoms with Crippen molar-refractivity contribution in [3.8, 4) is 0 Å². The zero-order chi connectivity index (χ0) is 14.7. The van der Waals surface area contributed by atoms with Crippen molar-refractivity contribution in [3.63, 3.8) is 0 Å². The van der Waals surface area contributed by atoms with Gasteiger partial charge in [-0.2, -0.15) is 4.31 Å². The van der Waals surface area contributed by atoms with Gasteiger partial charge in [0.2, 0.25) is 5.03 Å². The van der Waals surface area contributed by atoms with E-state index < -0.39 is 20.9 Å². The molecule has 0 fully saturated rings. The molecule has 0 aliphatic heterocycles. The Labute approximate surface area is 113 Å². The lowest BCUT2D eigenvalue weighted by atomic mass is 9.94. The Bertz CT molecular complexity index is 532. The topological polar surface area (TPSA) is 76.3 Å². The van der Waals surface area contributed by atoms with Crippen molar-refractivity contribution in [1.82, 2.24) is 9.29 Å². The fourth-order valence-corrected chi connectivity index (χ4v) is 3.20. The zero-order valence-corrected chi connectivity index (χ0v) is 12.2. The summed E-state index contributed by atoms with van der Waals surface area (Å²) < 4.78 is 39.5. The van der Waals surface area contributed by atoms with Crippen molar-refractivity contribution in [2.24, 2.45) is 11.1 Å². The lowest BCUT2D eigenvalue weighted by Crippen LogP contribution is -2.42. The Kier molecular flexibility index (Phi) is 5.00. The lowest BCUT2D eigenvalue weighted by molar-refractivity contribution is 0.271. The predicted octanol–water partition coefficient (Wildman–Crippen LogP) is 1.22. The molecule has 1 rings (SSSR count). The van der Waals surface area contributed by atoms with Crippen LogP contribution in [0.1, 0.15) is 20.8 Å². The van der Waals surface area contributed by atoms with E-state index in [4.69, 9.17) is 5.73 Å². The standard InChI is InChI=1S/C12H20FN3O2S/c1-4-16(9-12(2,3)8-14)19(17,18)11-10(13)6-5-7-15-11/h5-7H,4,8-9,14H2,1-3H3. The molecule has 0 atom stereocenters. The van der Waals surface area contributed by atoms with Crippen LogP contribution in [0.25, 0.3) is 0 Å². The fourth-order valence-electron chi connectivity index (χ4n) is 1.59. The summed E-state index contributed by atoms with van der Waals surface area (Å²) in [5.74, 6) is -0.841. The predicted molar refractivity (Wildman–Crippen MR) is 71.5 cm³/mol. The first kappa shape index (κ1) is 16.0. The summed E-state index contributed by atoms with van der Waals surface area (Å²) in [6, 6.07) is 2.44. The van der Waals surface area contributed by atoms with Gasteiger partial charge in [0, 0.05) is 19.3 Å². The van der Waals surface area contributed by atoms with Gasteiger partial charge in [-0.1, -0.05) is 20.8 Å². The van der Waals surface area contributed by atoms with E-state index in [0.717, 1.165) is 6.07 Å². The van der Waals surface area contributed by atoms with Gasteiger partial charge < -0.3 is 5.73 Å². The summed E-state index contributed by atoms with van der Waals surface area (Å²) in [6.07, 6.45) is 1.26. The van der Waals surface area contributed by atoms with Crippen LogP contribution in [0, 0.1) is 11.2 Å². The summed E-state index contributed by atoms with van der Waals surface area (Å²) >= 11 is 0. The van der Waals surface area contributed by atoms with Crippen molar-refractivity contribution in [2.45, 2.75) is 25.8 Å². The van der Waals surface area contributed by atoms with Gasteiger partial charge in [-0.3, -0.25) is 0 Å². The molecular formula is C12H20FN3O2S. The molecule has 1 aromatic rings. The van der Waals surface area contributed by atoms with Crippen LogP contribution < -0.4 is 5.73 Å². The third-order valence-electron chi connectivity index (χ3n) is 2.82. The molecule has 0 amide bonds. The maximum absolute atomic E-state index is 13.6. The van der Waals surface area contributed by atoms with Crippen molar-refractivity contribution < 1.29 is 12.8 Å². The highest BCUT2D eigenvalue weighted by Crippen LogP contribution is 2.22. The number of pyridine rings is 1. The lowest BCUT2D eigenvalue weighted by Gasteiger charge is -2.30. The van der Waals surface area contributed by atoms with Crippen molar-refractivity contribution in [3.05, 3.63) is 24.1 Å². The molecule has 19 heavy (non-hydrogen) atoms. The normalized spacial score (nSPS) is 12.9. The second-order valence-electron chi connectivity index (χ2n) is 5.09. The highest BCUT2D eigenvalue weighted by atomic mass is 32.2. The molecule has 0 unspecified atom stereocenters. The minimum absolute atomic E-state index is 0.221. The summed E-state index contributed by atoms with van der Waals surface area (Å²) in [4.78, 5) is 3.64. The highest BCUT2D eigenvalue weighted by Gasteiger charge is 2.31. The molecule has 0 spiro atoms. The summed E-state index contributed by atoms with van der Waals surface area (Å²) in [5.41, 5.74) is 5.23. The van der Waals surface area contributed by atoms with Gasteiger partial charge in [-0.15, -0.1) is 0 Å². The van der Waals surface area contributed by atoms with Crippen LogP contribution >= 0.6 is 0 Å². The smallest absolute Gasteiger partial charge is 0.263 e. The van der Waals surface area contributed by atoms with E-state index >= 15 is 0 Å². The van der Waals surface area contributed by atoms with Gasteiger partial charge in [0.25, 0.3) is 10.0 Å². The van der Waals surface area contributed by atoms with E-state index in [1.807, 2.05) is 13.8 Å². The Morgan fingerprint density at radius 3 is 2.58 bits per heavy atom. The van der Waals surface area contributed by atoms with E-state index in [1.165, 1.54) is 16.6 Å². The average Bonchev–Trinajstić information content (AvgIpc) is 2.36. The molecule has 0 aliphatic rings. The molecule has 1 aromatic heterocycles. The van der Waals surface area contributed by atoms with Crippen LogP contribution in [0.5, 0.6) is 0 Å². The number of halogens is 1. The minimum atomic E-state index is -3.93. The van der Waals surface area contributed by atoms with E-state index in [2.05, 4.69) is 4.98 Å². The quantitative estimate of drug-likeness (QED) is 0.854. The van der Waals surface area contributed by atoms with E-state index in [1.54, 1.807) is 6.92 Å². The van der Waals surface area contributed by atoms with E-state index in [-0.39, 0.29) is 18.5 Å². The van der Waals surface area contributed by atoms with Gasteiger partial charge in [-0.25, -0.2) is 17.8 Å². The summed E-state index contributed by atoms with van der Waals surface area (Å²) in [7, 11) is -3.93. The monoisotopic (exact) mass is 289 g/mol. The van der Waals surface area contributed by atoms with Crippen molar-refractivity contribution in [2.75, 3.05) is 19.6 Å². The third-order valence-corrected chi connectivity index (χ3v) is 4.67. The van der Waals surface area contributed by atoms with Gasteiger partial charge >= 0.3 is 0 Å². The molecule has 0 saturated heterocycles. The van der Waals surface area contributed by atoms with Crippen molar-refractivity contribution >= 4 is 10.0 Å². The van der Waals surface area contributed by atoms with Crippen LogP contribution in [-0.2, 0) is 10.0 Å². The second kappa shape index (κ2) is 5.94. The molecule has 1 heterocycles. The summed E-state index contributed by atoms with van der Waals surface area (Å²) in [6.45, 7) is 6.22. The highest BCUT2D eigenvalue weighted by molar-refractivity contribution is 7.89. The maximum atomic E-state index is 13.6. The van der Waals surface area contributed by atoms with Gasteiger partial charge in [0.1, 0.15) is 0 Å². The molecule has 7 heteroatoms. The average molecular weight is 289 g/mol. The second-order valence-corrected chi connectivity index (χ2v) is 6.94. The molecule has 108 valence electrons. The molecule has 0 aliphatic carbocycles. The fraction of sp³-hybridized carbons (Fsp3) is 0.583. The Morgan fingerprint density at radius 1 is 1.47 bits per heavy atom. The Hall–Kier alpha value is -1.05. The number of nitrogens with zero attached hydrogens (tertiary/aromatic N) is 2. The number of hydrogen-bond donors (Lipinski definition) is 1. The van der Waals surface area contributed by atoms with E-state index in [9.17, 15) is 12.8 Å². The van der Waals surface area contributed by atoms with E-state index in [0.29, 0.717) is 6.54 Å². The first-order chi connectivity index (χ1) is 8.74. The number of rotatable bonds is 6. The number of hydrogen-bond acceptors (Lipinski definition) is 4. The third kappa shape index (κ3) is 3.71. The zero-order valence-electron chi connectivity index (χ0n) is 11.4. The molecule has 0 bridgehead atoms. The Balaban J connectivity index is 3.14. The minimum Gasteiger partial charge on any atom is -0.330 e. The van der Waals surface area contributed by atoms with Crippen LogP contribution in [0.4, 0.5) is 4.39 Å². The molecule has 2 N–H and O–H groups in total. The molecule has 0 aromatic carbocycles. The molecular weight excluding hydrogens is 269 g/mol. The molecule has 0 radical (unpaired) electrons. The largest absolute Gasteiger partial charge is 0.330 e. The summed E-state index contributed by atoms with van der Waals surface area (Å²) in [5, 5.41) is -0.537. The van der Waals surface area contributed by atoms with Gasteiger partial charge in [0.05, 0.1) is 0 Å². The van der Waals surface area contributed by atoms with Crippen molar-refractivity contribution in [1.29, 1.82) is 0 Å². The Morgan fingerprint density at radius 2 is 2.11 bits per heavy atom.